The molecule has 0 amide bonds. The van der Waals surface area contributed by atoms with E-state index in [9.17, 15) is 8.42 Å². The Bertz CT molecular complexity index is 988. The monoisotopic (exact) mass is 433 g/mol. The van der Waals surface area contributed by atoms with Crippen LogP contribution in [0.4, 0.5) is 0 Å². The maximum Gasteiger partial charge on any atom is 0.243 e. The van der Waals surface area contributed by atoms with Crippen molar-refractivity contribution in [3.63, 3.8) is 0 Å². The molecule has 0 bridgehead atoms. The van der Waals surface area contributed by atoms with Gasteiger partial charge in [0.25, 0.3) is 0 Å². The van der Waals surface area contributed by atoms with Crippen LogP contribution in [-0.4, -0.2) is 55.4 Å². The summed E-state index contributed by atoms with van der Waals surface area (Å²) in [6.45, 7) is 6.91. The lowest BCUT2D eigenvalue weighted by Gasteiger charge is -2.21. The second kappa shape index (κ2) is 7.65. The molecule has 29 heavy (non-hydrogen) atoms. The van der Waals surface area contributed by atoms with Crippen LogP contribution in [0, 0.1) is 18.8 Å². The third kappa shape index (κ3) is 3.83. The molecule has 6 nitrogen and oxygen atoms in total. The zero-order valence-electron chi connectivity index (χ0n) is 16.7. The summed E-state index contributed by atoms with van der Waals surface area (Å²) in [7, 11) is -3.43. The number of nitrogens with zero attached hydrogens (tertiary/aromatic N) is 3. The Morgan fingerprint density at radius 2 is 1.97 bits per heavy atom. The zero-order chi connectivity index (χ0) is 20.0. The molecule has 8 heteroatoms. The summed E-state index contributed by atoms with van der Waals surface area (Å²) in [5, 5.41) is 3.27. The van der Waals surface area contributed by atoms with Crippen molar-refractivity contribution in [2.75, 3.05) is 32.8 Å². The Kier molecular flexibility index (Phi) is 5.14. The third-order valence-electron chi connectivity index (χ3n) is 6.53. The maximum atomic E-state index is 13.2. The lowest BCUT2D eigenvalue weighted by molar-refractivity contribution is 0.263. The van der Waals surface area contributed by atoms with Crippen molar-refractivity contribution in [2.45, 2.75) is 37.6 Å². The van der Waals surface area contributed by atoms with Gasteiger partial charge in [0.2, 0.25) is 10.0 Å². The van der Waals surface area contributed by atoms with Crippen molar-refractivity contribution in [1.29, 1.82) is 0 Å². The lowest BCUT2D eigenvalue weighted by atomic mass is 9.92. The number of aromatic nitrogens is 1. The number of thiazole rings is 1. The van der Waals surface area contributed by atoms with Gasteiger partial charge in [-0.2, -0.15) is 4.31 Å². The summed E-state index contributed by atoms with van der Waals surface area (Å²) >= 11 is 1.70. The first-order chi connectivity index (χ1) is 14.0. The fraction of sp³-hybridized carbons (Fsp3) is 0.571. The van der Waals surface area contributed by atoms with Gasteiger partial charge in [-0.3, -0.25) is 4.90 Å². The van der Waals surface area contributed by atoms with E-state index in [0.29, 0.717) is 36.4 Å². The van der Waals surface area contributed by atoms with E-state index in [0.717, 1.165) is 60.9 Å². The number of hydrogen-bond acceptors (Lipinski definition) is 6. The van der Waals surface area contributed by atoms with Crippen molar-refractivity contribution < 1.29 is 13.2 Å². The van der Waals surface area contributed by atoms with Crippen LogP contribution in [0.5, 0.6) is 5.75 Å². The SMILES string of the molecule is Cc1nc(CN2CC[C@@H]3CN(S(=O)(=O)c4ccc5c(c4)CCO5)C[C@@H]3CC2)cs1. The molecule has 5 rings (SSSR count). The fourth-order valence-electron chi connectivity index (χ4n) is 4.90. The molecule has 0 spiro atoms. The minimum atomic E-state index is -3.43. The summed E-state index contributed by atoms with van der Waals surface area (Å²) in [4.78, 5) is 7.48. The second-order valence-corrected chi connectivity index (χ2v) is 11.4. The van der Waals surface area contributed by atoms with E-state index in [-0.39, 0.29) is 0 Å². The minimum absolute atomic E-state index is 0.415. The molecule has 0 aliphatic carbocycles. The number of likely N-dealkylation sites (tertiary alicyclic amines) is 1. The van der Waals surface area contributed by atoms with Gasteiger partial charge in [-0.05, 0) is 68.5 Å². The molecule has 1 aromatic carbocycles. The van der Waals surface area contributed by atoms with Crippen molar-refractivity contribution in [1.82, 2.24) is 14.2 Å². The fourth-order valence-corrected chi connectivity index (χ4v) is 7.10. The number of rotatable bonds is 4. The zero-order valence-corrected chi connectivity index (χ0v) is 18.3. The third-order valence-corrected chi connectivity index (χ3v) is 9.18. The average Bonchev–Trinajstić information content (AvgIpc) is 3.41. The Hall–Kier alpha value is -1.48. The Labute approximate surface area is 176 Å². The highest BCUT2D eigenvalue weighted by atomic mass is 32.2. The van der Waals surface area contributed by atoms with Gasteiger partial charge in [0.05, 0.1) is 22.2 Å². The Balaban J connectivity index is 1.25. The summed E-state index contributed by atoms with van der Waals surface area (Å²) in [5.74, 6) is 1.72. The Morgan fingerprint density at radius 1 is 1.21 bits per heavy atom. The quantitative estimate of drug-likeness (QED) is 0.742. The topological polar surface area (TPSA) is 62.7 Å². The maximum absolute atomic E-state index is 13.2. The molecule has 0 N–H and O–H groups in total. The van der Waals surface area contributed by atoms with E-state index in [1.165, 1.54) is 0 Å². The van der Waals surface area contributed by atoms with Crippen LogP contribution in [0.1, 0.15) is 29.1 Å². The summed E-state index contributed by atoms with van der Waals surface area (Å²) in [6.07, 6.45) is 2.90. The van der Waals surface area contributed by atoms with Gasteiger partial charge in [-0.1, -0.05) is 0 Å². The van der Waals surface area contributed by atoms with E-state index in [4.69, 9.17) is 4.74 Å². The van der Waals surface area contributed by atoms with E-state index in [1.54, 1.807) is 27.8 Å². The molecular formula is C21H27N3O3S2. The van der Waals surface area contributed by atoms with Gasteiger partial charge < -0.3 is 4.74 Å². The van der Waals surface area contributed by atoms with Gasteiger partial charge in [-0.25, -0.2) is 13.4 Å². The van der Waals surface area contributed by atoms with E-state index in [2.05, 4.69) is 15.3 Å². The highest BCUT2D eigenvalue weighted by Crippen LogP contribution is 2.36. The second-order valence-electron chi connectivity index (χ2n) is 8.42. The molecule has 0 unspecified atom stereocenters. The highest BCUT2D eigenvalue weighted by Gasteiger charge is 2.40. The molecule has 2 aromatic rings. The number of ether oxygens (including phenoxy) is 1. The minimum Gasteiger partial charge on any atom is -0.493 e. The first-order valence-corrected chi connectivity index (χ1v) is 12.7. The van der Waals surface area contributed by atoms with Crippen molar-refractivity contribution in [2.24, 2.45) is 11.8 Å². The van der Waals surface area contributed by atoms with Gasteiger partial charge in [-0.15, -0.1) is 11.3 Å². The first kappa shape index (κ1) is 19.5. The van der Waals surface area contributed by atoms with Crippen LogP contribution in [0.15, 0.2) is 28.5 Å². The molecule has 4 heterocycles. The standard InChI is InChI=1S/C21H27N3O3S2/c1-15-22-19(14-28-15)13-23-7-4-17-11-24(12-18(17)5-8-23)29(25,26)20-2-3-21-16(10-20)6-9-27-21/h2-3,10,14,17-18H,4-9,11-13H2,1H3/t17-,18+. The summed E-state index contributed by atoms with van der Waals surface area (Å²) in [6, 6.07) is 5.32. The van der Waals surface area contributed by atoms with E-state index >= 15 is 0 Å². The molecule has 156 valence electrons. The largest absolute Gasteiger partial charge is 0.493 e. The van der Waals surface area contributed by atoms with Crippen LogP contribution < -0.4 is 4.74 Å². The number of sulfonamides is 1. The highest BCUT2D eigenvalue weighted by molar-refractivity contribution is 7.89. The van der Waals surface area contributed by atoms with Crippen LogP contribution in [0.25, 0.3) is 0 Å². The predicted molar refractivity (Wildman–Crippen MR) is 113 cm³/mol. The molecule has 1 aromatic heterocycles. The van der Waals surface area contributed by atoms with Crippen molar-refractivity contribution >= 4 is 21.4 Å². The number of hydrogen-bond donors (Lipinski definition) is 0. The molecule has 2 fully saturated rings. The number of fused-ring (bicyclic) bond motifs is 2. The first-order valence-electron chi connectivity index (χ1n) is 10.4. The molecule has 2 saturated heterocycles. The van der Waals surface area contributed by atoms with Crippen LogP contribution in [0.2, 0.25) is 0 Å². The van der Waals surface area contributed by atoms with Crippen LogP contribution >= 0.6 is 11.3 Å². The Morgan fingerprint density at radius 3 is 2.66 bits per heavy atom. The summed E-state index contributed by atoms with van der Waals surface area (Å²) < 4.78 is 33.7. The molecule has 3 aliphatic heterocycles. The van der Waals surface area contributed by atoms with Crippen LogP contribution in [0.3, 0.4) is 0 Å². The van der Waals surface area contributed by atoms with Gasteiger partial charge in [0, 0.05) is 31.4 Å². The van der Waals surface area contributed by atoms with Gasteiger partial charge in [0.15, 0.2) is 0 Å². The van der Waals surface area contributed by atoms with Crippen molar-refractivity contribution in [3.05, 3.63) is 39.8 Å². The lowest BCUT2D eigenvalue weighted by Crippen LogP contribution is -2.31. The van der Waals surface area contributed by atoms with E-state index in [1.807, 2.05) is 13.0 Å². The number of aryl methyl sites for hydroxylation is 1. The van der Waals surface area contributed by atoms with Crippen LogP contribution in [-0.2, 0) is 23.0 Å². The predicted octanol–water partition coefficient (Wildman–Crippen LogP) is 2.92. The summed E-state index contributed by atoms with van der Waals surface area (Å²) in [5.41, 5.74) is 2.16. The molecule has 0 radical (unpaired) electrons. The normalized spacial score (nSPS) is 25.4. The molecular weight excluding hydrogens is 406 g/mol. The van der Waals surface area contributed by atoms with Gasteiger partial charge in [0.1, 0.15) is 5.75 Å². The van der Waals surface area contributed by atoms with E-state index < -0.39 is 10.0 Å². The smallest absolute Gasteiger partial charge is 0.243 e. The van der Waals surface area contributed by atoms with Crippen molar-refractivity contribution in [3.8, 4) is 5.75 Å². The molecule has 3 aliphatic rings. The molecule has 2 atom stereocenters. The average molecular weight is 434 g/mol. The molecule has 0 saturated carbocycles. The number of benzene rings is 1. The van der Waals surface area contributed by atoms with Gasteiger partial charge >= 0.3 is 0 Å².